The van der Waals surface area contributed by atoms with Crippen LogP contribution in [-0.4, -0.2) is 52.2 Å². The fourth-order valence-electron chi connectivity index (χ4n) is 5.57. The number of carbonyl (C=O) groups excluding carboxylic acids is 3. The molecule has 1 aliphatic heterocycles. The quantitative estimate of drug-likeness (QED) is 0.490. The van der Waals surface area contributed by atoms with Crippen LogP contribution in [0.25, 0.3) is 10.9 Å². The number of halogens is 1. The molecule has 2 aromatic carbocycles. The molecular weight excluding hydrogens is 476 g/mol. The normalized spacial score (nSPS) is 17.5. The van der Waals surface area contributed by atoms with Crippen molar-refractivity contribution in [3.8, 4) is 0 Å². The number of ketones is 1. The molecule has 0 radical (unpaired) electrons. The van der Waals surface area contributed by atoms with Crippen LogP contribution in [0.4, 0.5) is 0 Å². The number of aromatic nitrogens is 1. The summed E-state index contributed by atoms with van der Waals surface area (Å²) >= 11 is 0. The third-order valence-electron chi connectivity index (χ3n) is 7.62. The Hall–Kier alpha value is -3.16. The van der Waals surface area contributed by atoms with Gasteiger partial charge in [0.1, 0.15) is 6.04 Å². The van der Waals surface area contributed by atoms with Gasteiger partial charge in [0.2, 0.25) is 11.8 Å². The van der Waals surface area contributed by atoms with Crippen molar-refractivity contribution in [2.45, 2.75) is 56.5 Å². The van der Waals surface area contributed by atoms with Crippen molar-refractivity contribution in [3.63, 3.8) is 0 Å². The third-order valence-corrected chi connectivity index (χ3v) is 7.62. The van der Waals surface area contributed by atoms with Crippen LogP contribution in [0.5, 0.6) is 0 Å². The number of likely N-dealkylation sites (tertiary alicyclic amines) is 1. The molecule has 5 rings (SSSR count). The first-order valence-corrected chi connectivity index (χ1v) is 12.2. The van der Waals surface area contributed by atoms with E-state index in [9.17, 15) is 14.4 Å². The van der Waals surface area contributed by atoms with E-state index in [4.69, 9.17) is 5.73 Å². The number of carbonyl (C=O) groups is 3. The molecule has 8 heteroatoms. The highest BCUT2D eigenvalue weighted by Crippen LogP contribution is 2.46. The van der Waals surface area contributed by atoms with Gasteiger partial charge in [-0.1, -0.05) is 42.5 Å². The van der Waals surface area contributed by atoms with E-state index in [1.807, 2.05) is 53.6 Å². The molecule has 1 aliphatic carbocycles. The number of H-pyrrole nitrogens is 1. The van der Waals surface area contributed by atoms with Crippen LogP contribution in [0.1, 0.15) is 54.6 Å². The smallest absolute Gasteiger partial charge is 0.245 e. The molecule has 1 atom stereocenters. The predicted octanol–water partition coefficient (Wildman–Crippen LogP) is 3.50. The zero-order valence-electron chi connectivity index (χ0n) is 20.7. The highest BCUT2D eigenvalue weighted by molar-refractivity contribution is 6.02. The van der Waals surface area contributed by atoms with Gasteiger partial charge in [-0.05, 0) is 43.9 Å². The zero-order chi connectivity index (χ0) is 24.8. The van der Waals surface area contributed by atoms with E-state index >= 15 is 0 Å². The maximum absolute atomic E-state index is 13.7. The van der Waals surface area contributed by atoms with Gasteiger partial charge in [0.25, 0.3) is 0 Å². The summed E-state index contributed by atoms with van der Waals surface area (Å²) in [5, 5.41) is 3.95. The summed E-state index contributed by atoms with van der Waals surface area (Å²) in [5.74, 6) is -0.283. The fraction of sp³-hybridized carbons (Fsp3) is 0.393. The van der Waals surface area contributed by atoms with Gasteiger partial charge in [-0.3, -0.25) is 14.4 Å². The Kier molecular flexibility index (Phi) is 6.99. The van der Waals surface area contributed by atoms with Crippen LogP contribution in [0.15, 0.2) is 54.7 Å². The molecule has 2 aliphatic rings. The molecule has 190 valence electrons. The number of hydrogen-bond acceptors (Lipinski definition) is 4. The molecule has 1 fully saturated rings. The van der Waals surface area contributed by atoms with Gasteiger partial charge in [0.05, 0.1) is 5.54 Å². The first-order valence-electron chi connectivity index (χ1n) is 12.2. The van der Waals surface area contributed by atoms with Crippen molar-refractivity contribution in [2.75, 3.05) is 13.1 Å². The Morgan fingerprint density at radius 1 is 1.11 bits per heavy atom. The minimum atomic E-state index is -1.10. The lowest BCUT2D eigenvalue weighted by Crippen LogP contribution is -2.58. The molecule has 0 bridgehead atoms. The number of para-hydroxylation sites is 1. The molecule has 1 saturated heterocycles. The van der Waals surface area contributed by atoms with Crippen molar-refractivity contribution < 1.29 is 14.4 Å². The van der Waals surface area contributed by atoms with E-state index < -0.39 is 11.6 Å². The minimum absolute atomic E-state index is 0. The lowest BCUT2D eigenvalue weighted by atomic mass is 9.73. The number of nitrogens with zero attached hydrogens (tertiary/aromatic N) is 1. The van der Waals surface area contributed by atoms with Gasteiger partial charge >= 0.3 is 0 Å². The zero-order valence-corrected chi connectivity index (χ0v) is 21.5. The number of benzene rings is 2. The van der Waals surface area contributed by atoms with Gasteiger partial charge in [-0.15, -0.1) is 12.4 Å². The molecular formula is C28H33ClN4O3. The first-order chi connectivity index (χ1) is 16.7. The molecule has 36 heavy (non-hydrogen) atoms. The van der Waals surface area contributed by atoms with Crippen LogP contribution in [-0.2, 0) is 21.4 Å². The lowest BCUT2D eigenvalue weighted by molar-refractivity contribution is -0.138. The second-order valence-electron chi connectivity index (χ2n) is 10.6. The average Bonchev–Trinajstić information content (AvgIpc) is 3.37. The summed E-state index contributed by atoms with van der Waals surface area (Å²) in [4.78, 5) is 44.2. The number of hydrogen-bond donors (Lipinski definition) is 3. The summed E-state index contributed by atoms with van der Waals surface area (Å²) in [6.45, 7) is 4.36. The number of fused-ring (bicyclic) bond motifs is 3. The van der Waals surface area contributed by atoms with Crippen molar-refractivity contribution >= 4 is 40.9 Å². The predicted molar refractivity (Wildman–Crippen MR) is 142 cm³/mol. The fourth-order valence-corrected chi connectivity index (χ4v) is 5.57. The van der Waals surface area contributed by atoms with E-state index in [0.29, 0.717) is 25.9 Å². The van der Waals surface area contributed by atoms with Crippen molar-refractivity contribution in [2.24, 2.45) is 5.73 Å². The molecule has 2 heterocycles. The molecule has 2 amide bonds. The van der Waals surface area contributed by atoms with E-state index in [1.165, 1.54) is 0 Å². The Morgan fingerprint density at radius 2 is 1.78 bits per heavy atom. The molecule has 3 aromatic rings. The second-order valence-corrected chi connectivity index (χ2v) is 10.6. The Labute approximate surface area is 217 Å². The van der Waals surface area contributed by atoms with E-state index in [1.54, 1.807) is 13.8 Å². The third kappa shape index (κ3) is 4.65. The van der Waals surface area contributed by atoms with Gasteiger partial charge < -0.3 is 20.9 Å². The van der Waals surface area contributed by atoms with Crippen LogP contribution in [0.3, 0.4) is 0 Å². The highest BCUT2D eigenvalue weighted by atomic mass is 35.5. The molecule has 0 unspecified atom stereocenters. The molecule has 0 saturated carbocycles. The number of amides is 2. The van der Waals surface area contributed by atoms with Gasteiger partial charge in [-0.2, -0.15) is 0 Å². The van der Waals surface area contributed by atoms with Crippen LogP contribution >= 0.6 is 12.4 Å². The Balaban J connectivity index is 0.00000304. The van der Waals surface area contributed by atoms with Crippen LogP contribution < -0.4 is 11.1 Å². The van der Waals surface area contributed by atoms with E-state index in [0.717, 1.165) is 40.4 Å². The van der Waals surface area contributed by atoms with Crippen molar-refractivity contribution in [1.29, 1.82) is 0 Å². The second kappa shape index (κ2) is 9.71. The van der Waals surface area contributed by atoms with Gasteiger partial charge in [0.15, 0.2) is 5.78 Å². The number of Topliss-reactive ketones (excluding diaryl/α,β-unsaturated/α-hetero) is 1. The molecule has 1 spiro atoms. The number of rotatable bonds is 5. The SMILES string of the molecule is CC(C)(N)C(=O)N[C@H](Cc1c[nH]c2ccccc12)C(=O)N1CCC2(CC1)CC(=O)c1ccccc12.Cl. The lowest BCUT2D eigenvalue weighted by Gasteiger charge is -2.41. The Morgan fingerprint density at radius 3 is 2.50 bits per heavy atom. The van der Waals surface area contributed by atoms with Crippen molar-refractivity contribution in [1.82, 2.24) is 15.2 Å². The maximum atomic E-state index is 13.7. The standard InChI is InChI=1S/C28H32N4O3.ClH/c1-27(2,29)26(35)31-23(15-18-17-30-22-10-6-4-7-19(18)22)25(34)32-13-11-28(12-14-32)16-24(33)20-8-3-5-9-21(20)28;/h3-10,17,23,30H,11-16,29H2,1-2H3,(H,31,35);1H/t23-;/m1./s1. The first kappa shape index (κ1) is 25.9. The number of piperidine rings is 1. The summed E-state index contributed by atoms with van der Waals surface area (Å²) in [5.41, 5.74) is 8.64. The van der Waals surface area contributed by atoms with Crippen molar-refractivity contribution in [3.05, 3.63) is 71.4 Å². The molecule has 7 nitrogen and oxygen atoms in total. The average molecular weight is 509 g/mol. The summed E-state index contributed by atoms with van der Waals surface area (Å²) in [6.07, 6.45) is 4.24. The topological polar surface area (TPSA) is 108 Å². The van der Waals surface area contributed by atoms with E-state index in [-0.39, 0.29) is 35.4 Å². The maximum Gasteiger partial charge on any atom is 0.245 e. The van der Waals surface area contributed by atoms with Crippen LogP contribution in [0, 0.1) is 0 Å². The number of aromatic amines is 1. The largest absolute Gasteiger partial charge is 0.361 e. The Bertz CT molecular complexity index is 1300. The van der Waals surface area contributed by atoms with E-state index in [2.05, 4.69) is 16.4 Å². The highest BCUT2D eigenvalue weighted by Gasteiger charge is 2.46. The summed E-state index contributed by atoms with van der Waals surface area (Å²) in [7, 11) is 0. The monoisotopic (exact) mass is 508 g/mol. The summed E-state index contributed by atoms with van der Waals surface area (Å²) < 4.78 is 0. The van der Waals surface area contributed by atoms with Gasteiger partial charge in [-0.25, -0.2) is 0 Å². The number of nitrogens with two attached hydrogens (primary N) is 1. The molecule has 4 N–H and O–H groups in total. The van der Waals surface area contributed by atoms with Crippen LogP contribution in [0.2, 0.25) is 0 Å². The summed E-state index contributed by atoms with van der Waals surface area (Å²) in [6, 6.07) is 15.0. The molecule has 1 aromatic heterocycles. The minimum Gasteiger partial charge on any atom is -0.361 e. The number of nitrogens with one attached hydrogen (secondary N) is 2. The van der Waals surface area contributed by atoms with Gasteiger partial charge in [0, 0.05) is 54.0 Å².